The second-order valence-corrected chi connectivity index (χ2v) is 6.94. The number of hydrogen-bond acceptors (Lipinski definition) is 3. The molecule has 28 heavy (non-hydrogen) atoms. The lowest BCUT2D eigenvalue weighted by Crippen LogP contribution is -2.50. The molecule has 5 nitrogen and oxygen atoms in total. The van der Waals surface area contributed by atoms with Crippen LogP contribution in [0.4, 0.5) is 27.6 Å². The molecule has 1 aliphatic heterocycles. The number of pyridine rings is 1. The first-order valence-electron chi connectivity index (χ1n) is 7.79. The molecule has 3 heterocycles. The molecular weight excluding hydrogens is 453 g/mol. The highest BCUT2D eigenvalue weighted by molar-refractivity contribution is 9.10. The van der Waals surface area contributed by atoms with E-state index in [9.17, 15) is 26.7 Å². The number of carbonyl (C=O) groups excluding carboxylic acids is 1. The number of aromatic nitrogens is 2. The predicted octanol–water partition coefficient (Wildman–Crippen LogP) is 4.34. The van der Waals surface area contributed by atoms with E-state index in [1.165, 1.54) is 17.5 Å². The molecule has 0 saturated heterocycles. The highest BCUT2D eigenvalue weighted by Gasteiger charge is 2.51. The molecular formula is C17H9BrF5N3O2. The van der Waals surface area contributed by atoms with E-state index in [0.717, 1.165) is 12.1 Å². The molecule has 2 aromatic heterocycles. The van der Waals surface area contributed by atoms with E-state index in [-0.39, 0.29) is 15.8 Å². The highest BCUT2D eigenvalue weighted by Crippen LogP contribution is 2.42. The van der Waals surface area contributed by atoms with Gasteiger partial charge in [-0.15, -0.1) is 0 Å². The lowest BCUT2D eigenvalue weighted by molar-refractivity contribution is -0.193. The van der Waals surface area contributed by atoms with E-state index in [1.54, 1.807) is 0 Å². The van der Waals surface area contributed by atoms with Gasteiger partial charge in [-0.05, 0) is 22.9 Å². The zero-order valence-electron chi connectivity index (χ0n) is 13.9. The third-order valence-corrected chi connectivity index (χ3v) is 4.86. The quantitative estimate of drug-likeness (QED) is 0.533. The van der Waals surface area contributed by atoms with Crippen molar-refractivity contribution in [2.24, 2.45) is 0 Å². The van der Waals surface area contributed by atoms with E-state index in [2.05, 4.69) is 25.7 Å². The monoisotopic (exact) mass is 461 g/mol. The largest absolute Gasteiger partial charge is 0.483 e. The van der Waals surface area contributed by atoms with E-state index in [4.69, 9.17) is 0 Å². The summed E-state index contributed by atoms with van der Waals surface area (Å²) in [6, 6.07) is 2.21. The van der Waals surface area contributed by atoms with Crippen molar-refractivity contribution in [1.82, 2.24) is 9.38 Å². The molecule has 0 fully saturated rings. The lowest BCUT2D eigenvalue weighted by Gasteiger charge is -2.33. The van der Waals surface area contributed by atoms with Crippen LogP contribution in [-0.4, -0.2) is 21.4 Å². The zero-order chi connectivity index (χ0) is 20.4. The maximum Gasteiger partial charge on any atom is 0.483 e. The van der Waals surface area contributed by atoms with Gasteiger partial charge in [0, 0.05) is 24.4 Å². The average Bonchev–Trinajstić information content (AvgIpc) is 2.88. The first-order valence-corrected chi connectivity index (χ1v) is 8.58. The third kappa shape index (κ3) is 2.81. The van der Waals surface area contributed by atoms with Crippen LogP contribution in [0.15, 0.2) is 28.9 Å². The Balaban J connectivity index is 1.88. The number of halogens is 6. The summed E-state index contributed by atoms with van der Waals surface area (Å²) in [7, 11) is 0. The van der Waals surface area contributed by atoms with Gasteiger partial charge in [0.1, 0.15) is 17.3 Å². The normalized spacial score (nSPS) is 15.7. The molecule has 0 spiro atoms. The number of benzene rings is 1. The number of aryl methyl sites for hydroxylation is 1. The number of anilines is 1. The van der Waals surface area contributed by atoms with Crippen molar-refractivity contribution in [3.8, 4) is 5.75 Å². The fourth-order valence-corrected chi connectivity index (χ4v) is 3.31. The van der Waals surface area contributed by atoms with Gasteiger partial charge in [0.15, 0.2) is 11.6 Å². The molecule has 0 atom stereocenters. The Morgan fingerprint density at radius 3 is 2.61 bits per heavy atom. The van der Waals surface area contributed by atoms with Crippen LogP contribution in [0.3, 0.4) is 0 Å². The maximum absolute atomic E-state index is 14.0. The fourth-order valence-electron chi connectivity index (χ4n) is 2.99. The van der Waals surface area contributed by atoms with Gasteiger partial charge in [0.25, 0.3) is 0 Å². The summed E-state index contributed by atoms with van der Waals surface area (Å²) in [5.74, 6) is -5.76. The number of imidazole rings is 1. The summed E-state index contributed by atoms with van der Waals surface area (Å²) < 4.78 is 75.1. The van der Waals surface area contributed by atoms with E-state index < -0.39 is 47.4 Å². The standard InChI is InChI=1S/C17H9BrF5N3O2/c1-7-13(25-5-9(18)10(20)4-14(25)24-7)6-26-12-3-8(19)2-11(21)15(12)28-17(22,23)16(26)27/h2-5H,6H2,1H3. The molecule has 3 aromatic rings. The number of ether oxygens (including phenoxy) is 1. The molecule has 1 aromatic carbocycles. The molecule has 4 rings (SSSR count). The van der Waals surface area contributed by atoms with Gasteiger partial charge in [-0.1, -0.05) is 0 Å². The van der Waals surface area contributed by atoms with Gasteiger partial charge >= 0.3 is 12.0 Å². The summed E-state index contributed by atoms with van der Waals surface area (Å²) in [4.78, 5) is 16.9. The highest BCUT2D eigenvalue weighted by atomic mass is 79.9. The van der Waals surface area contributed by atoms with Crippen LogP contribution in [0.2, 0.25) is 0 Å². The van der Waals surface area contributed by atoms with Crippen molar-refractivity contribution in [3.05, 3.63) is 57.7 Å². The van der Waals surface area contributed by atoms with Crippen LogP contribution in [0.25, 0.3) is 5.65 Å². The van der Waals surface area contributed by atoms with Gasteiger partial charge < -0.3 is 9.14 Å². The van der Waals surface area contributed by atoms with Crippen molar-refractivity contribution in [2.75, 3.05) is 4.90 Å². The average molecular weight is 462 g/mol. The molecule has 0 aliphatic carbocycles. The molecule has 146 valence electrons. The number of carbonyl (C=O) groups is 1. The van der Waals surface area contributed by atoms with Crippen molar-refractivity contribution in [2.45, 2.75) is 19.6 Å². The van der Waals surface area contributed by atoms with Crippen molar-refractivity contribution in [3.63, 3.8) is 0 Å². The zero-order valence-corrected chi connectivity index (χ0v) is 15.5. The number of fused-ring (bicyclic) bond motifs is 2. The first kappa shape index (κ1) is 18.7. The summed E-state index contributed by atoms with van der Waals surface area (Å²) >= 11 is 3.02. The van der Waals surface area contributed by atoms with Gasteiger partial charge in [-0.2, -0.15) is 8.78 Å². The van der Waals surface area contributed by atoms with Crippen molar-refractivity contribution < 1.29 is 31.5 Å². The van der Waals surface area contributed by atoms with Crippen LogP contribution in [0.1, 0.15) is 11.4 Å². The Hall–Kier alpha value is -2.69. The van der Waals surface area contributed by atoms with Gasteiger partial charge in [0.05, 0.1) is 28.1 Å². The van der Waals surface area contributed by atoms with Gasteiger partial charge in [-0.25, -0.2) is 18.2 Å². The smallest absolute Gasteiger partial charge is 0.420 e. The van der Waals surface area contributed by atoms with E-state index in [1.807, 2.05) is 0 Å². The molecule has 0 radical (unpaired) electrons. The van der Waals surface area contributed by atoms with Crippen LogP contribution >= 0.6 is 15.9 Å². The predicted molar refractivity (Wildman–Crippen MR) is 90.7 cm³/mol. The summed E-state index contributed by atoms with van der Waals surface area (Å²) in [5, 5.41) is 0. The Kier molecular flexibility index (Phi) is 4.11. The Morgan fingerprint density at radius 2 is 1.89 bits per heavy atom. The van der Waals surface area contributed by atoms with Gasteiger partial charge in [0.2, 0.25) is 0 Å². The number of amides is 1. The second-order valence-electron chi connectivity index (χ2n) is 6.09. The molecule has 1 aliphatic rings. The number of rotatable bonds is 2. The Labute approximate surface area is 162 Å². The van der Waals surface area contributed by atoms with E-state index in [0.29, 0.717) is 16.7 Å². The van der Waals surface area contributed by atoms with Crippen molar-refractivity contribution >= 4 is 33.2 Å². The Bertz CT molecular complexity index is 1150. The van der Waals surface area contributed by atoms with Crippen LogP contribution in [0.5, 0.6) is 5.75 Å². The molecule has 1 amide bonds. The SMILES string of the molecule is Cc1nc2cc(F)c(Br)cn2c1CN1C(=O)C(F)(F)Oc2c(F)cc(F)cc21. The van der Waals surface area contributed by atoms with Gasteiger partial charge in [-0.3, -0.25) is 9.69 Å². The fraction of sp³-hybridized carbons (Fsp3) is 0.176. The topological polar surface area (TPSA) is 46.8 Å². The molecule has 0 unspecified atom stereocenters. The molecule has 0 bridgehead atoms. The van der Waals surface area contributed by atoms with E-state index >= 15 is 0 Å². The van der Waals surface area contributed by atoms with Crippen LogP contribution in [-0.2, 0) is 11.3 Å². The molecule has 0 N–H and O–H groups in total. The van der Waals surface area contributed by atoms with Crippen LogP contribution in [0, 0.1) is 24.4 Å². The number of alkyl halides is 2. The summed E-state index contributed by atoms with van der Waals surface area (Å²) in [5.41, 5.74) is 0.256. The number of nitrogens with zero attached hydrogens (tertiary/aromatic N) is 3. The molecule has 0 saturated carbocycles. The minimum absolute atomic E-state index is 0.0785. The number of hydrogen-bond donors (Lipinski definition) is 0. The second kappa shape index (κ2) is 6.16. The maximum atomic E-state index is 14.0. The van der Waals surface area contributed by atoms with Crippen molar-refractivity contribution in [1.29, 1.82) is 0 Å². The summed E-state index contributed by atoms with van der Waals surface area (Å²) in [6.07, 6.45) is -3.02. The van der Waals surface area contributed by atoms with Crippen LogP contribution < -0.4 is 9.64 Å². The molecule has 11 heteroatoms. The minimum Gasteiger partial charge on any atom is -0.420 e. The summed E-state index contributed by atoms with van der Waals surface area (Å²) in [6.45, 7) is 1.03. The Morgan fingerprint density at radius 1 is 1.18 bits per heavy atom. The first-order chi connectivity index (χ1) is 13.1. The third-order valence-electron chi connectivity index (χ3n) is 4.28. The minimum atomic E-state index is -4.34. The lowest BCUT2D eigenvalue weighted by atomic mass is 10.2.